The number of benzene rings is 2. The molecule has 0 aliphatic rings. The zero-order chi connectivity index (χ0) is 22.1. The number of amides is 1. The van der Waals surface area contributed by atoms with Gasteiger partial charge in [0.15, 0.2) is 0 Å². The van der Waals surface area contributed by atoms with Crippen LogP contribution in [0.15, 0.2) is 53.4 Å². The number of nitrogens with two attached hydrogens (primary N) is 1. The fourth-order valence-electron chi connectivity index (χ4n) is 2.87. The van der Waals surface area contributed by atoms with Crippen molar-refractivity contribution in [2.24, 2.45) is 5.14 Å². The second kappa shape index (κ2) is 8.52. The summed E-state index contributed by atoms with van der Waals surface area (Å²) in [5.41, 5.74) is 1.54. The molecule has 0 unspecified atom stereocenters. The topological polar surface area (TPSA) is 119 Å². The lowest BCUT2D eigenvalue weighted by molar-refractivity contribution is -0.159. The van der Waals surface area contributed by atoms with Crippen molar-refractivity contribution in [1.29, 1.82) is 0 Å². The molecule has 0 fully saturated rings. The molecule has 11 heteroatoms. The van der Waals surface area contributed by atoms with E-state index in [9.17, 15) is 22.8 Å². The molecule has 0 bridgehead atoms. The Bertz CT molecular complexity index is 1210. The van der Waals surface area contributed by atoms with Crippen LogP contribution in [0.1, 0.15) is 12.1 Å². The van der Waals surface area contributed by atoms with E-state index in [0.717, 1.165) is 0 Å². The number of hydrogen-bond donors (Lipinski definition) is 2. The average Bonchev–Trinajstić information content (AvgIpc) is 3.11. The summed E-state index contributed by atoms with van der Waals surface area (Å²) in [6.45, 7) is 0. The number of hydrogen-bond acceptors (Lipinski definition) is 5. The van der Waals surface area contributed by atoms with Gasteiger partial charge in [0.2, 0.25) is 15.9 Å². The van der Waals surface area contributed by atoms with E-state index in [2.05, 4.69) is 5.10 Å². The number of aryl methyl sites for hydroxylation is 1. The van der Waals surface area contributed by atoms with Gasteiger partial charge in [-0.25, -0.2) is 27.7 Å². The number of primary sulfonamides is 1. The largest absolute Gasteiger partial charge is 0.286 e. The molecule has 1 aromatic heterocycles. The molecule has 158 valence electrons. The minimum Gasteiger partial charge on any atom is -0.286 e. The summed E-state index contributed by atoms with van der Waals surface area (Å²) in [4.78, 5) is 11.5. The van der Waals surface area contributed by atoms with Gasteiger partial charge in [0.1, 0.15) is 10.7 Å². The molecule has 2 aromatic carbocycles. The Morgan fingerprint density at radius 2 is 1.97 bits per heavy atom. The van der Waals surface area contributed by atoms with Crippen molar-refractivity contribution in [3.8, 4) is 16.9 Å². The van der Waals surface area contributed by atoms with Gasteiger partial charge in [-0.2, -0.15) is 5.10 Å². The first-order chi connectivity index (χ1) is 14.1. The molecule has 3 aromatic rings. The van der Waals surface area contributed by atoms with Crippen LogP contribution in [0.5, 0.6) is 0 Å². The smallest absolute Gasteiger partial charge is 0.246 e. The molecule has 1 heterocycles. The van der Waals surface area contributed by atoms with Crippen LogP contribution in [-0.4, -0.2) is 41.4 Å². The number of para-hydroxylation sites is 1. The predicted molar refractivity (Wildman–Crippen MR) is 108 cm³/mol. The van der Waals surface area contributed by atoms with Gasteiger partial charge in [0, 0.05) is 25.5 Å². The third-order valence-corrected chi connectivity index (χ3v) is 5.58. The van der Waals surface area contributed by atoms with E-state index in [1.54, 1.807) is 12.1 Å². The predicted octanol–water partition coefficient (Wildman–Crippen LogP) is 2.76. The average molecular weight is 453 g/mol. The lowest BCUT2D eigenvalue weighted by atomic mass is 10.1. The van der Waals surface area contributed by atoms with E-state index in [4.69, 9.17) is 16.7 Å². The molecule has 0 saturated carbocycles. The number of rotatable bonds is 6. The highest BCUT2D eigenvalue weighted by Gasteiger charge is 2.20. The van der Waals surface area contributed by atoms with Crippen molar-refractivity contribution in [2.75, 3.05) is 7.05 Å². The van der Waals surface area contributed by atoms with Gasteiger partial charge < -0.3 is 0 Å². The van der Waals surface area contributed by atoms with Crippen LogP contribution < -0.4 is 5.14 Å². The molecule has 0 atom stereocenters. The fourth-order valence-corrected chi connectivity index (χ4v) is 3.76. The number of nitrogens with zero attached hydrogens (tertiary/aromatic N) is 3. The van der Waals surface area contributed by atoms with Gasteiger partial charge in [-0.15, -0.1) is 0 Å². The second-order valence-electron chi connectivity index (χ2n) is 6.49. The highest BCUT2D eigenvalue weighted by atomic mass is 35.5. The van der Waals surface area contributed by atoms with Crippen LogP contribution >= 0.6 is 11.6 Å². The summed E-state index contributed by atoms with van der Waals surface area (Å²) in [6.07, 6.45) is 0.153. The van der Waals surface area contributed by atoms with E-state index >= 15 is 0 Å². The van der Waals surface area contributed by atoms with E-state index in [-0.39, 0.29) is 28.4 Å². The van der Waals surface area contributed by atoms with E-state index < -0.39 is 21.7 Å². The molecule has 3 N–H and O–H groups in total. The van der Waals surface area contributed by atoms with Gasteiger partial charge in [0.05, 0.1) is 22.1 Å². The second-order valence-corrected chi connectivity index (χ2v) is 8.43. The van der Waals surface area contributed by atoms with Crippen molar-refractivity contribution in [3.05, 3.63) is 65.1 Å². The molecule has 0 aliphatic heterocycles. The quantitative estimate of drug-likeness (QED) is 0.440. The maximum atomic E-state index is 13.6. The standard InChI is InChI=1S/C19H18ClFN4O4S/c1-24(27)19(26)9-7-13-11-17(12-6-8-15(21)14(20)10-12)25(23-13)16-4-2-3-5-18(16)30(22,28)29/h2-6,8,10-11,27H,7,9H2,1H3,(H2,22,28,29). The van der Waals surface area contributed by atoms with Crippen LogP contribution in [0.4, 0.5) is 4.39 Å². The first kappa shape index (κ1) is 21.9. The highest BCUT2D eigenvalue weighted by Crippen LogP contribution is 2.30. The third-order valence-electron chi connectivity index (χ3n) is 4.33. The SMILES string of the molecule is CN(O)C(=O)CCc1cc(-c2ccc(F)c(Cl)c2)n(-c2ccccc2S(N)(=O)=O)n1. The van der Waals surface area contributed by atoms with E-state index in [1.807, 2.05) is 0 Å². The summed E-state index contributed by atoms with van der Waals surface area (Å²) in [5.74, 6) is -1.12. The number of carbonyl (C=O) groups excluding carboxylic acids is 1. The summed E-state index contributed by atoms with van der Waals surface area (Å²) in [5, 5.41) is 19.4. The number of halogens is 2. The molecule has 3 rings (SSSR count). The van der Waals surface area contributed by atoms with Gasteiger partial charge >= 0.3 is 0 Å². The first-order valence-electron chi connectivity index (χ1n) is 8.70. The lowest BCUT2D eigenvalue weighted by Gasteiger charge is -2.12. The molecule has 1 amide bonds. The normalized spacial score (nSPS) is 11.5. The molecule has 0 aliphatic carbocycles. The minimum atomic E-state index is -4.06. The number of aromatic nitrogens is 2. The van der Waals surface area contributed by atoms with Crippen molar-refractivity contribution in [2.45, 2.75) is 17.7 Å². The molecule has 0 saturated heterocycles. The van der Waals surface area contributed by atoms with Crippen LogP contribution in [0.25, 0.3) is 16.9 Å². The monoisotopic (exact) mass is 452 g/mol. The zero-order valence-corrected chi connectivity index (χ0v) is 17.4. The number of carbonyl (C=O) groups is 1. The fraction of sp³-hybridized carbons (Fsp3) is 0.158. The molecular formula is C19H18ClFN4O4S. The Morgan fingerprint density at radius 1 is 1.27 bits per heavy atom. The molecular weight excluding hydrogens is 435 g/mol. The maximum Gasteiger partial charge on any atom is 0.246 e. The molecule has 0 spiro atoms. The highest BCUT2D eigenvalue weighted by molar-refractivity contribution is 7.89. The Hall–Kier alpha value is -2.79. The Labute approximate surface area is 177 Å². The Balaban J connectivity index is 2.16. The Kier molecular flexibility index (Phi) is 6.22. The summed E-state index contributed by atoms with van der Waals surface area (Å²) < 4.78 is 39.1. The molecule has 30 heavy (non-hydrogen) atoms. The number of sulfonamides is 1. The van der Waals surface area contributed by atoms with Crippen LogP contribution in [0, 0.1) is 5.82 Å². The summed E-state index contributed by atoms with van der Waals surface area (Å²) in [6, 6.07) is 11.7. The minimum absolute atomic E-state index is 0.0234. The molecule has 8 nitrogen and oxygen atoms in total. The Morgan fingerprint density at radius 3 is 2.60 bits per heavy atom. The summed E-state index contributed by atoms with van der Waals surface area (Å²) >= 11 is 5.91. The van der Waals surface area contributed by atoms with E-state index in [1.165, 1.54) is 48.1 Å². The van der Waals surface area contributed by atoms with Gasteiger partial charge in [-0.3, -0.25) is 10.0 Å². The van der Waals surface area contributed by atoms with Crippen LogP contribution in [-0.2, 0) is 21.2 Å². The zero-order valence-electron chi connectivity index (χ0n) is 15.8. The van der Waals surface area contributed by atoms with Gasteiger partial charge in [-0.1, -0.05) is 23.7 Å². The van der Waals surface area contributed by atoms with Gasteiger partial charge in [-0.05, 0) is 36.4 Å². The summed E-state index contributed by atoms with van der Waals surface area (Å²) in [7, 11) is -2.85. The first-order valence-corrected chi connectivity index (χ1v) is 10.6. The molecule has 0 radical (unpaired) electrons. The van der Waals surface area contributed by atoms with Crippen LogP contribution in [0.2, 0.25) is 5.02 Å². The van der Waals surface area contributed by atoms with Crippen molar-refractivity contribution < 1.29 is 22.8 Å². The van der Waals surface area contributed by atoms with Gasteiger partial charge in [0.25, 0.3) is 0 Å². The lowest BCUT2D eigenvalue weighted by Crippen LogP contribution is -2.22. The number of hydroxylamine groups is 2. The van der Waals surface area contributed by atoms with Crippen LogP contribution in [0.3, 0.4) is 0 Å². The van der Waals surface area contributed by atoms with E-state index in [0.29, 0.717) is 22.0 Å². The maximum absolute atomic E-state index is 13.6. The van der Waals surface area contributed by atoms with Crippen molar-refractivity contribution >= 4 is 27.5 Å². The van der Waals surface area contributed by atoms with Crippen molar-refractivity contribution in [1.82, 2.24) is 14.8 Å². The van der Waals surface area contributed by atoms with Crippen molar-refractivity contribution in [3.63, 3.8) is 0 Å². The third kappa shape index (κ3) is 4.68.